The number of aryl methyl sites for hydroxylation is 1. The Kier molecular flexibility index (Phi) is 6.72. The topological polar surface area (TPSA) is 83.8 Å². The normalized spacial score (nSPS) is 21.7. The lowest BCUT2D eigenvalue weighted by molar-refractivity contribution is -0.132. The van der Waals surface area contributed by atoms with E-state index in [0.29, 0.717) is 12.6 Å². The van der Waals surface area contributed by atoms with Gasteiger partial charge in [0.25, 0.3) is 0 Å². The number of anilines is 1. The highest BCUT2D eigenvalue weighted by atomic mass is 16.5. The van der Waals surface area contributed by atoms with Crippen molar-refractivity contribution in [2.45, 2.75) is 58.0 Å². The van der Waals surface area contributed by atoms with Gasteiger partial charge in [-0.25, -0.2) is 4.98 Å². The first-order valence-electron chi connectivity index (χ1n) is 14.0. The van der Waals surface area contributed by atoms with E-state index < -0.39 is 0 Å². The number of hydrogen-bond donors (Lipinski definition) is 0. The third-order valence-corrected chi connectivity index (χ3v) is 8.65. The van der Waals surface area contributed by atoms with Crippen molar-refractivity contribution in [3.8, 4) is 0 Å². The summed E-state index contributed by atoms with van der Waals surface area (Å²) in [7, 11) is 3.65. The van der Waals surface area contributed by atoms with Crippen LogP contribution in [0.3, 0.4) is 0 Å². The lowest BCUT2D eigenvalue weighted by Gasteiger charge is -2.29. The Morgan fingerprint density at radius 1 is 1.11 bits per heavy atom. The summed E-state index contributed by atoms with van der Waals surface area (Å²) in [6.45, 7) is 6.11. The van der Waals surface area contributed by atoms with Crippen molar-refractivity contribution in [1.29, 1.82) is 0 Å². The minimum absolute atomic E-state index is 0.0307. The molecule has 6 rings (SSSR count). The molecular weight excluding hydrogens is 480 g/mol. The number of ether oxygens (including phenoxy) is 1. The van der Waals surface area contributed by atoms with Crippen LogP contribution in [0, 0.1) is 5.92 Å². The molecule has 3 aliphatic heterocycles. The number of rotatable bonds is 4. The summed E-state index contributed by atoms with van der Waals surface area (Å²) < 4.78 is 7.89. The summed E-state index contributed by atoms with van der Waals surface area (Å²) in [5.41, 5.74) is 7.02. The Hall–Kier alpha value is -3.20. The number of carbonyl (C=O) groups is 2. The zero-order valence-electron chi connectivity index (χ0n) is 22.8. The number of amides is 2. The Balaban J connectivity index is 1.32. The second-order valence-corrected chi connectivity index (χ2v) is 11.3. The Morgan fingerprint density at radius 2 is 1.92 bits per heavy atom. The van der Waals surface area contributed by atoms with Crippen LogP contribution in [0.5, 0.6) is 0 Å². The van der Waals surface area contributed by atoms with E-state index in [0.717, 1.165) is 94.0 Å². The molecule has 0 bridgehead atoms. The van der Waals surface area contributed by atoms with Gasteiger partial charge in [0.15, 0.2) is 0 Å². The van der Waals surface area contributed by atoms with Crippen LogP contribution in [0.1, 0.15) is 66.7 Å². The van der Waals surface area contributed by atoms with E-state index in [1.165, 1.54) is 16.8 Å². The van der Waals surface area contributed by atoms with Gasteiger partial charge >= 0.3 is 0 Å². The molecule has 2 amide bonds. The molecule has 5 heterocycles. The van der Waals surface area contributed by atoms with Crippen LogP contribution in [0.4, 0.5) is 5.82 Å². The summed E-state index contributed by atoms with van der Waals surface area (Å²) in [5, 5.41) is 5.25. The first-order chi connectivity index (χ1) is 18.4. The monoisotopic (exact) mass is 518 g/mol. The van der Waals surface area contributed by atoms with Crippen molar-refractivity contribution in [1.82, 2.24) is 24.6 Å². The van der Waals surface area contributed by atoms with Gasteiger partial charge in [0.1, 0.15) is 5.82 Å². The van der Waals surface area contributed by atoms with E-state index >= 15 is 0 Å². The summed E-state index contributed by atoms with van der Waals surface area (Å²) >= 11 is 0. The molecule has 4 aliphatic rings. The molecule has 2 saturated heterocycles. The molecule has 0 radical (unpaired) electrons. The molecule has 1 aliphatic carbocycles. The number of carbonyl (C=O) groups excluding carboxylic acids is 2. The molecule has 1 atom stereocenters. The maximum Gasteiger partial charge on any atom is 0.227 e. The van der Waals surface area contributed by atoms with E-state index in [4.69, 9.17) is 14.8 Å². The fourth-order valence-electron chi connectivity index (χ4n) is 6.51. The summed E-state index contributed by atoms with van der Waals surface area (Å²) in [5.74, 6) is 1.29. The van der Waals surface area contributed by atoms with E-state index in [9.17, 15) is 9.59 Å². The summed E-state index contributed by atoms with van der Waals surface area (Å²) in [6, 6.07) is 2.56. The van der Waals surface area contributed by atoms with Crippen LogP contribution in [0.15, 0.2) is 18.3 Å². The molecule has 9 nitrogen and oxygen atoms in total. The molecule has 202 valence electrons. The molecule has 2 fully saturated rings. The second kappa shape index (κ2) is 10.2. The molecule has 2 aromatic heterocycles. The van der Waals surface area contributed by atoms with Gasteiger partial charge in [0.2, 0.25) is 11.8 Å². The highest BCUT2D eigenvalue weighted by Crippen LogP contribution is 2.38. The number of aromatic nitrogens is 3. The van der Waals surface area contributed by atoms with Crippen LogP contribution < -0.4 is 4.90 Å². The van der Waals surface area contributed by atoms with Crippen LogP contribution in [-0.2, 0) is 33.7 Å². The van der Waals surface area contributed by atoms with Gasteiger partial charge < -0.3 is 19.4 Å². The van der Waals surface area contributed by atoms with Crippen molar-refractivity contribution in [3.05, 3.63) is 46.4 Å². The van der Waals surface area contributed by atoms with Crippen LogP contribution in [0.25, 0.3) is 5.57 Å². The smallest absolute Gasteiger partial charge is 0.227 e. The lowest BCUT2D eigenvalue weighted by atomic mass is 9.88. The predicted molar refractivity (Wildman–Crippen MR) is 145 cm³/mol. The first kappa shape index (κ1) is 25.1. The van der Waals surface area contributed by atoms with Gasteiger partial charge in [-0.2, -0.15) is 5.10 Å². The van der Waals surface area contributed by atoms with Crippen LogP contribution in [0.2, 0.25) is 0 Å². The number of nitrogens with zero attached hydrogens (tertiary/aromatic N) is 6. The van der Waals surface area contributed by atoms with Gasteiger partial charge in [-0.3, -0.25) is 14.3 Å². The second-order valence-electron chi connectivity index (χ2n) is 11.3. The fraction of sp³-hybridized carbons (Fsp3) is 0.586. The SMILES string of the molecule is CC(=O)N1CCc2c(c(C3=CCCc4cc(N5CCC(C(=O)N(C)C)C5)ncc43)nn2C2CCOCC2)C1. The molecule has 1 unspecified atom stereocenters. The van der Waals surface area contributed by atoms with E-state index in [1.807, 2.05) is 25.2 Å². The van der Waals surface area contributed by atoms with Crippen LogP contribution >= 0.6 is 0 Å². The number of allylic oxidation sites excluding steroid dienone is 1. The largest absolute Gasteiger partial charge is 0.381 e. The van der Waals surface area contributed by atoms with Gasteiger partial charge in [-0.1, -0.05) is 6.08 Å². The van der Waals surface area contributed by atoms with Gasteiger partial charge in [0.05, 0.1) is 17.7 Å². The summed E-state index contributed by atoms with van der Waals surface area (Å²) in [4.78, 5) is 35.5. The molecule has 2 aromatic rings. The Bertz CT molecular complexity index is 1280. The average Bonchev–Trinajstić information content (AvgIpc) is 3.58. The predicted octanol–water partition coefficient (Wildman–Crippen LogP) is 2.83. The van der Waals surface area contributed by atoms with Gasteiger partial charge in [-0.05, 0) is 43.7 Å². The molecule has 0 N–H and O–H groups in total. The zero-order valence-corrected chi connectivity index (χ0v) is 22.8. The summed E-state index contributed by atoms with van der Waals surface area (Å²) in [6.07, 6.45) is 9.85. The first-order valence-corrected chi connectivity index (χ1v) is 14.0. The van der Waals surface area contributed by atoms with Crippen molar-refractivity contribution >= 4 is 23.2 Å². The number of fused-ring (bicyclic) bond motifs is 2. The maximum atomic E-state index is 12.5. The molecule has 0 saturated carbocycles. The Labute approximate surface area is 224 Å². The highest BCUT2D eigenvalue weighted by Gasteiger charge is 2.33. The maximum absolute atomic E-state index is 12.5. The third kappa shape index (κ3) is 4.51. The zero-order chi connectivity index (χ0) is 26.4. The molecule has 38 heavy (non-hydrogen) atoms. The Morgan fingerprint density at radius 3 is 2.68 bits per heavy atom. The van der Waals surface area contributed by atoms with Crippen molar-refractivity contribution in [3.63, 3.8) is 0 Å². The van der Waals surface area contributed by atoms with Crippen LogP contribution in [-0.4, -0.2) is 83.3 Å². The molecule has 0 aromatic carbocycles. The van der Waals surface area contributed by atoms with Crippen molar-refractivity contribution in [2.75, 3.05) is 51.8 Å². The molecular formula is C29H38N6O3. The van der Waals surface area contributed by atoms with E-state index in [1.54, 1.807) is 11.8 Å². The number of pyridine rings is 1. The highest BCUT2D eigenvalue weighted by molar-refractivity contribution is 5.84. The van der Waals surface area contributed by atoms with Gasteiger partial charge in [0, 0.05) is 95.4 Å². The fourth-order valence-corrected chi connectivity index (χ4v) is 6.51. The third-order valence-electron chi connectivity index (χ3n) is 8.65. The quantitative estimate of drug-likeness (QED) is 0.619. The standard InChI is InChI=1S/C29H38N6O3/c1-19(36)33-12-8-26-25(18-33)28(31-35(26)22-9-13-38-14-10-22)23-6-4-5-20-15-27(30-16-24(20)23)34-11-7-21(17-34)29(37)32(2)3/h6,15-16,21-22H,4-5,7-14,17-18H2,1-3H3. The minimum atomic E-state index is 0.0307. The van der Waals surface area contributed by atoms with E-state index in [-0.39, 0.29) is 17.7 Å². The molecule has 0 spiro atoms. The van der Waals surface area contributed by atoms with E-state index in [2.05, 4.69) is 21.7 Å². The molecule has 9 heteroatoms. The van der Waals surface area contributed by atoms with Crippen molar-refractivity contribution in [2.24, 2.45) is 5.92 Å². The average molecular weight is 519 g/mol. The number of hydrogen-bond acceptors (Lipinski definition) is 6. The van der Waals surface area contributed by atoms with Gasteiger partial charge in [-0.15, -0.1) is 0 Å². The minimum Gasteiger partial charge on any atom is -0.381 e. The lowest BCUT2D eigenvalue weighted by Crippen LogP contribution is -2.35. The van der Waals surface area contributed by atoms with Crippen molar-refractivity contribution < 1.29 is 14.3 Å².